The molecule has 34 heavy (non-hydrogen) atoms. The first kappa shape index (κ1) is 23.8. The molecule has 2 heterocycles. The number of methoxy groups -OCH3 is 4. The SMILES string of the molecule is COC(=O)c1[nH]c(=O)c2c(c1C(=O)OC)C(=O)c1c(c(C(=O)OC)c(C(=O)OC)[nH]c1=O)C2=O. The van der Waals surface area contributed by atoms with E-state index in [0.717, 1.165) is 28.4 Å². The molecule has 0 aromatic carbocycles. The summed E-state index contributed by atoms with van der Waals surface area (Å²) in [6.45, 7) is 0. The van der Waals surface area contributed by atoms with Crippen molar-refractivity contribution in [2.45, 2.75) is 0 Å². The molecular weight excluding hydrogens is 460 g/mol. The van der Waals surface area contributed by atoms with Crippen molar-refractivity contribution < 1.29 is 47.7 Å². The van der Waals surface area contributed by atoms with E-state index in [1.807, 2.05) is 9.97 Å². The summed E-state index contributed by atoms with van der Waals surface area (Å²) in [5.74, 6) is -7.87. The highest BCUT2D eigenvalue weighted by Crippen LogP contribution is 2.31. The Kier molecular flexibility index (Phi) is 5.99. The Labute approximate surface area is 187 Å². The van der Waals surface area contributed by atoms with Crippen molar-refractivity contribution in [1.82, 2.24) is 9.97 Å². The van der Waals surface area contributed by atoms with Crippen LogP contribution in [0.2, 0.25) is 0 Å². The van der Waals surface area contributed by atoms with E-state index >= 15 is 0 Å². The fraction of sp³-hybridized carbons (Fsp3) is 0.200. The van der Waals surface area contributed by atoms with E-state index in [1.54, 1.807) is 0 Å². The third-order valence-corrected chi connectivity index (χ3v) is 4.90. The maximum absolute atomic E-state index is 13.4. The lowest BCUT2D eigenvalue weighted by Gasteiger charge is -2.22. The van der Waals surface area contributed by atoms with Crippen LogP contribution in [0.5, 0.6) is 0 Å². The zero-order chi connectivity index (χ0) is 25.5. The number of nitrogens with one attached hydrogen (secondary N) is 2. The van der Waals surface area contributed by atoms with Gasteiger partial charge in [0.15, 0.2) is 0 Å². The number of H-pyrrole nitrogens is 2. The Morgan fingerprint density at radius 1 is 0.500 bits per heavy atom. The number of pyridine rings is 2. The van der Waals surface area contributed by atoms with Crippen LogP contribution < -0.4 is 11.1 Å². The Bertz CT molecular complexity index is 1330. The van der Waals surface area contributed by atoms with Crippen LogP contribution in [0.3, 0.4) is 0 Å². The molecule has 0 radical (unpaired) electrons. The monoisotopic (exact) mass is 474 g/mol. The number of fused-ring (bicyclic) bond motifs is 2. The molecule has 176 valence electrons. The maximum Gasteiger partial charge on any atom is 0.355 e. The fourth-order valence-corrected chi connectivity index (χ4v) is 3.46. The minimum Gasteiger partial charge on any atom is -0.465 e. The van der Waals surface area contributed by atoms with Crippen LogP contribution >= 0.6 is 0 Å². The molecule has 3 rings (SSSR count). The molecule has 2 N–H and O–H groups in total. The van der Waals surface area contributed by atoms with E-state index in [-0.39, 0.29) is 0 Å². The number of carbonyl (C=O) groups is 6. The molecule has 0 spiro atoms. The largest absolute Gasteiger partial charge is 0.465 e. The van der Waals surface area contributed by atoms with E-state index in [1.165, 1.54) is 0 Å². The zero-order valence-electron chi connectivity index (χ0n) is 17.9. The van der Waals surface area contributed by atoms with Gasteiger partial charge in [-0.2, -0.15) is 0 Å². The van der Waals surface area contributed by atoms with Gasteiger partial charge in [0.05, 0.1) is 50.7 Å². The minimum atomic E-state index is -1.37. The van der Waals surface area contributed by atoms with Crippen LogP contribution in [-0.4, -0.2) is 73.9 Å². The second-order valence-corrected chi connectivity index (χ2v) is 6.53. The van der Waals surface area contributed by atoms with Gasteiger partial charge in [0.1, 0.15) is 22.5 Å². The van der Waals surface area contributed by atoms with Crippen molar-refractivity contribution >= 4 is 35.4 Å². The molecule has 14 nitrogen and oxygen atoms in total. The lowest BCUT2D eigenvalue weighted by Crippen LogP contribution is -2.40. The molecule has 1 aliphatic rings. The van der Waals surface area contributed by atoms with E-state index in [4.69, 9.17) is 0 Å². The Balaban J connectivity index is 2.56. The number of esters is 4. The molecule has 0 bridgehead atoms. The average Bonchev–Trinajstić information content (AvgIpc) is 2.83. The van der Waals surface area contributed by atoms with Gasteiger partial charge in [0, 0.05) is 0 Å². The zero-order valence-corrected chi connectivity index (χ0v) is 17.9. The Hall–Kier alpha value is -4.88. The summed E-state index contributed by atoms with van der Waals surface area (Å²) in [4.78, 5) is 105. The van der Waals surface area contributed by atoms with Crippen LogP contribution in [0.15, 0.2) is 9.59 Å². The van der Waals surface area contributed by atoms with Crippen LogP contribution in [0.25, 0.3) is 0 Å². The highest BCUT2D eigenvalue weighted by Gasteiger charge is 2.44. The van der Waals surface area contributed by atoms with Crippen LogP contribution in [0.4, 0.5) is 0 Å². The van der Waals surface area contributed by atoms with E-state index in [2.05, 4.69) is 18.9 Å². The molecule has 0 saturated carbocycles. The predicted octanol–water partition coefficient (Wildman–Crippen LogP) is -1.01. The number of hydrogen-bond acceptors (Lipinski definition) is 12. The number of ether oxygens (including phenoxy) is 4. The van der Waals surface area contributed by atoms with Crippen molar-refractivity contribution in [2.24, 2.45) is 0 Å². The maximum atomic E-state index is 13.4. The normalized spacial score (nSPS) is 11.8. The van der Waals surface area contributed by atoms with Gasteiger partial charge < -0.3 is 28.9 Å². The summed E-state index contributed by atoms with van der Waals surface area (Å²) in [6, 6.07) is 0. The Morgan fingerprint density at radius 3 is 1.06 bits per heavy atom. The van der Waals surface area contributed by atoms with Crippen molar-refractivity contribution in [3.8, 4) is 0 Å². The molecule has 0 fully saturated rings. The second kappa shape index (κ2) is 8.57. The summed E-state index contributed by atoms with van der Waals surface area (Å²) in [5.41, 5.74) is -9.72. The first-order valence-corrected chi connectivity index (χ1v) is 9.08. The third-order valence-electron chi connectivity index (χ3n) is 4.90. The van der Waals surface area contributed by atoms with Gasteiger partial charge in [-0.25, -0.2) is 19.2 Å². The average molecular weight is 474 g/mol. The third kappa shape index (κ3) is 3.28. The number of aromatic nitrogens is 2. The first-order chi connectivity index (χ1) is 16.0. The van der Waals surface area contributed by atoms with Crippen molar-refractivity contribution in [3.05, 3.63) is 65.5 Å². The summed E-state index contributed by atoms with van der Waals surface area (Å²) < 4.78 is 18.1. The van der Waals surface area contributed by atoms with Crippen LogP contribution in [-0.2, 0) is 18.9 Å². The van der Waals surface area contributed by atoms with Gasteiger partial charge in [-0.15, -0.1) is 0 Å². The second-order valence-electron chi connectivity index (χ2n) is 6.53. The fourth-order valence-electron chi connectivity index (χ4n) is 3.46. The smallest absolute Gasteiger partial charge is 0.355 e. The highest BCUT2D eigenvalue weighted by atomic mass is 16.5. The number of hydrogen-bond donors (Lipinski definition) is 2. The predicted molar refractivity (Wildman–Crippen MR) is 106 cm³/mol. The molecule has 1 aliphatic carbocycles. The van der Waals surface area contributed by atoms with E-state index in [9.17, 15) is 38.4 Å². The number of aromatic amines is 2. The molecule has 0 aliphatic heterocycles. The van der Waals surface area contributed by atoms with Gasteiger partial charge in [0.25, 0.3) is 11.1 Å². The lowest BCUT2D eigenvalue weighted by molar-refractivity contribution is 0.0545. The molecule has 0 atom stereocenters. The van der Waals surface area contributed by atoms with Gasteiger partial charge in [0.2, 0.25) is 11.6 Å². The van der Waals surface area contributed by atoms with Crippen molar-refractivity contribution in [1.29, 1.82) is 0 Å². The van der Waals surface area contributed by atoms with E-state index in [0.29, 0.717) is 0 Å². The van der Waals surface area contributed by atoms with Gasteiger partial charge >= 0.3 is 23.9 Å². The summed E-state index contributed by atoms with van der Waals surface area (Å²) >= 11 is 0. The minimum absolute atomic E-state index is 0.807. The van der Waals surface area contributed by atoms with Gasteiger partial charge in [-0.3, -0.25) is 19.2 Å². The number of rotatable bonds is 4. The molecule has 0 unspecified atom stereocenters. The lowest BCUT2D eigenvalue weighted by atomic mass is 9.80. The van der Waals surface area contributed by atoms with Gasteiger partial charge in [-0.1, -0.05) is 0 Å². The molecule has 2 aromatic heterocycles. The summed E-state index contributed by atoms with van der Waals surface area (Å²) in [6.07, 6.45) is 0. The van der Waals surface area contributed by atoms with Crippen molar-refractivity contribution in [2.75, 3.05) is 28.4 Å². The van der Waals surface area contributed by atoms with E-state index < -0.39 is 91.3 Å². The topological polar surface area (TPSA) is 205 Å². The van der Waals surface area contributed by atoms with Crippen molar-refractivity contribution in [3.63, 3.8) is 0 Å². The quantitative estimate of drug-likeness (QED) is 0.344. The standard InChI is InChI=1S/C20H14N2O12/c1-31-17(27)7-5-9(15(25)21-11(7)19(29)33-3)14(24)6-8(18(28)32-2)12(20(30)34-4)22-16(26)10(6)13(5)23/h1-4H3,(H,21,25)(H,22,26). The highest BCUT2D eigenvalue weighted by molar-refractivity contribution is 6.33. The van der Waals surface area contributed by atoms with Crippen LogP contribution in [0, 0.1) is 0 Å². The summed E-state index contributed by atoms with van der Waals surface area (Å²) in [5, 5.41) is 0. The molecule has 0 saturated heterocycles. The van der Waals surface area contributed by atoms with Crippen LogP contribution in [0.1, 0.15) is 73.5 Å². The molecule has 14 heteroatoms. The summed E-state index contributed by atoms with van der Waals surface area (Å²) in [7, 11) is 3.64. The Morgan fingerprint density at radius 2 is 0.794 bits per heavy atom. The molecular formula is C20H14N2O12. The first-order valence-electron chi connectivity index (χ1n) is 9.08. The van der Waals surface area contributed by atoms with Gasteiger partial charge in [-0.05, 0) is 0 Å². The number of ketones is 2. The molecule has 2 aromatic rings. The molecule has 0 amide bonds. The number of carbonyl (C=O) groups excluding carboxylic acids is 6.